The van der Waals surface area contributed by atoms with E-state index in [4.69, 9.17) is 0 Å². The summed E-state index contributed by atoms with van der Waals surface area (Å²) in [6, 6.07) is 6.08. The number of nitrogens with zero attached hydrogens (tertiary/aromatic N) is 1. The first-order valence-electron chi connectivity index (χ1n) is 5.72. The smallest absolute Gasteiger partial charge is 0.246 e. The Morgan fingerprint density at radius 3 is 2.47 bits per heavy atom. The first-order chi connectivity index (χ1) is 7.93. The molecule has 0 amide bonds. The molecule has 4 nitrogen and oxygen atoms in total. The number of phenolic OH excluding ortho intramolecular Hbond substituents is 1. The zero-order valence-electron chi connectivity index (χ0n) is 10.00. The van der Waals surface area contributed by atoms with Crippen molar-refractivity contribution < 1.29 is 13.5 Å². The van der Waals surface area contributed by atoms with Crippen molar-refractivity contribution in [3.8, 4) is 5.75 Å². The second-order valence-electron chi connectivity index (χ2n) is 4.73. The minimum Gasteiger partial charge on any atom is -0.507 e. The Bertz CT molecular complexity index is 512. The molecule has 0 spiro atoms. The van der Waals surface area contributed by atoms with Gasteiger partial charge >= 0.3 is 0 Å². The van der Waals surface area contributed by atoms with Crippen molar-refractivity contribution in [3.63, 3.8) is 0 Å². The van der Waals surface area contributed by atoms with Gasteiger partial charge in [0.25, 0.3) is 0 Å². The highest BCUT2D eigenvalue weighted by atomic mass is 32.2. The number of aromatic hydroxyl groups is 1. The summed E-state index contributed by atoms with van der Waals surface area (Å²) in [6.45, 7) is 4.47. The van der Waals surface area contributed by atoms with Crippen molar-refractivity contribution in [1.29, 1.82) is 0 Å². The molecular weight excluding hydrogens is 238 g/mol. The molecule has 1 saturated heterocycles. The fourth-order valence-corrected chi connectivity index (χ4v) is 4.24. The summed E-state index contributed by atoms with van der Waals surface area (Å²) in [5, 5.41) is 9.65. The minimum atomic E-state index is -3.57. The van der Waals surface area contributed by atoms with Crippen molar-refractivity contribution in [2.24, 2.45) is 5.92 Å². The number of hydrogen-bond donors (Lipinski definition) is 1. The maximum absolute atomic E-state index is 12.4. The molecule has 0 aromatic heterocycles. The van der Waals surface area contributed by atoms with Gasteiger partial charge in [-0.2, -0.15) is 4.31 Å². The van der Waals surface area contributed by atoms with Crippen LogP contribution in [0.2, 0.25) is 0 Å². The van der Waals surface area contributed by atoms with Crippen LogP contribution >= 0.6 is 0 Å². The predicted octanol–water partition coefficient (Wildman–Crippen LogP) is 1.81. The first-order valence-corrected chi connectivity index (χ1v) is 7.16. The second-order valence-corrected chi connectivity index (χ2v) is 6.59. The highest BCUT2D eigenvalue weighted by Gasteiger charge is 2.37. The van der Waals surface area contributed by atoms with Gasteiger partial charge in [0.15, 0.2) is 0 Å². The molecule has 1 N–H and O–H groups in total. The van der Waals surface area contributed by atoms with Gasteiger partial charge < -0.3 is 5.11 Å². The van der Waals surface area contributed by atoms with E-state index < -0.39 is 10.0 Å². The minimum absolute atomic E-state index is 0.000880. The molecule has 0 saturated carbocycles. The summed E-state index contributed by atoms with van der Waals surface area (Å²) in [7, 11) is -3.57. The van der Waals surface area contributed by atoms with Crippen LogP contribution in [0.1, 0.15) is 20.3 Å². The van der Waals surface area contributed by atoms with Gasteiger partial charge in [0.1, 0.15) is 10.6 Å². The maximum atomic E-state index is 12.4. The molecule has 1 aliphatic heterocycles. The van der Waals surface area contributed by atoms with Crippen LogP contribution in [0.5, 0.6) is 5.75 Å². The number of para-hydroxylation sites is 1. The third-order valence-corrected chi connectivity index (χ3v) is 5.21. The monoisotopic (exact) mass is 255 g/mol. The van der Waals surface area contributed by atoms with Crippen LogP contribution in [-0.2, 0) is 10.0 Å². The van der Waals surface area contributed by atoms with Crippen LogP contribution in [0.3, 0.4) is 0 Å². The van der Waals surface area contributed by atoms with Crippen LogP contribution in [0, 0.1) is 5.92 Å². The predicted molar refractivity (Wildman–Crippen MR) is 65.2 cm³/mol. The summed E-state index contributed by atoms with van der Waals surface area (Å²) in [5.41, 5.74) is 0. The Hall–Kier alpha value is -1.07. The van der Waals surface area contributed by atoms with Crippen LogP contribution < -0.4 is 0 Å². The Morgan fingerprint density at radius 2 is 1.94 bits per heavy atom. The Balaban J connectivity index is 2.41. The second kappa shape index (κ2) is 4.31. The van der Waals surface area contributed by atoms with Gasteiger partial charge in [-0.05, 0) is 31.4 Å². The van der Waals surface area contributed by atoms with Crippen LogP contribution in [0.15, 0.2) is 29.2 Å². The number of hydrogen-bond acceptors (Lipinski definition) is 3. The molecule has 2 unspecified atom stereocenters. The van der Waals surface area contributed by atoms with Crippen molar-refractivity contribution in [1.82, 2.24) is 4.31 Å². The van der Waals surface area contributed by atoms with Crippen molar-refractivity contribution in [2.75, 3.05) is 6.54 Å². The Labute approximate surface area is 102 Å². The van der Waals surface area contributed by atoms with Crippen molar-refractivity contribution in [2.45, 2.75) is 31.2 Å². The summed E-state index contributed by atoms with van der Waals surface area (Å²) < 4.78 is 26.2. The molecule has 0 bridgehead atoms. The largest absolute Gasteiger partial charge is 0.507 e. The van der Waals surface area contributed by atoms with E-state index in [9.17, 15) is 13.5 Å². The van der Waals surface area contributed by atoms with Gasteiger partial charge in [0, 0.05) is 12.6 Å². The van der Waals surface area contributed by atoms with Gasteiger partial charge in [-0.15, -0.1) is 0 Å². The molecule has 94 valence electrons. The summed E-state index contributed by atoms with van der Waals surface area (Å²) >= 11 is 0. The molecule has 5 heteroatoms. The average Bonchev–Trinajstić information content (AvgIpc) is 2.59. The molecular formula is C12H17NO3S. The molecule has 1 fully saturated rings. The molecule has 0 aliphatic carbocycles. The summed E-state index contributed by atoms with van der Waals surface area (Å²) in [5.74, 6) is 0.185. The van der Waals surface area contributed by atoms with Gasteiger partial charge in [-0.3, -0.25) is 0 Å². The van der Waals surface area contributed by atoms with Gasteiger partial charge in [0.05, 0.1) is 0 Å². The fourth-order valence-electron chi connectivity index (χ4n) is 2.40. The first kappa shape index (κ1) is 12.4. The van der Waals surface area contributed by atoms with E-state index in [-0.39, 0.29) is 16.7 Å². The van der Waals surface area contributed by atoms with Gasteiger partial charge in [0.2, 0.25) is 10.0 Å². The Morgan fingerprint density at radius 1 is 1.29 bits per heavy atom. The number of phenols is 1. The van der Waals surface area contributed by atoms with E-state index in [1.54, 1.807) is 12.1 Å². The van der Waals surface area contributed by atoms with Gasteiger partial charge in [-0.1, -0.05) is 19.1 Å². The lowest BCUT2D eigenvalue weighted by Crippen LogP contribution is -2.34. The van der Waals surface area contributed by atoms with E-state index >= 15 is 0 Å². The number of sulfonamides is 1. The quantitative estimate of drug-likeness (QED) is 0.877. The van der Waals surface area contributed by atoms with Crippen molar-refractivity contribution >= 4 is 10.0 Å². The highest BCUT2D eigenvalue weighted by Crippen LogP contribution is 2.32. The van der Waals surface area contributed by atoms with E-state index in [0.29, 0.717) is 12.5 Å². The molecule has 1 aliphatic rings. The molecule has 1 heterocycles. The maximum Gasteiger partial charge on any atom is 0.246 e. The molecule has 1 aromatic rings. The van der Waals surface area contributed by atoms with Crippen molar-refractivity contribution in [3.05, 3.63) is 24.3 Å². The summed E-state index contributed by atoms with van der Waals surface area (Å²) in [6.07, 6.45) is 0.868. The van der Waals surface area contributed by atoms with Gasteiger partial charge in [-0.25, -0.2) is 8.42 Å². The number of benzene rings is 1. The van der Waals surface area contributed by atoms with E-state index in [0.717, 1.165) is 6.42 Å². The lowest BCUT2D eigenvalue weighted by atomic mass is 10.1. The zero-order valence-corrected chi connectivity index (χ0v) is 10.8. The molecule has 17 heavy (non-hydrogen) atoms. The lowest BCUT2D eigenvalue weighted by Gasteiger charge is -2.21. The molecule has 2 atom stereocenters. The van der Waals surface area contributed by atoms with E-state index in [2.05, 4.69) is 0 Å². The van der Waals surface area contributed by atoms with Crippen LogP contribution in [-0.4, -0.2) is 30.4 Å². The molecule has 0 radical (unpaired) electrons. The topological polar surface area (TPSA) is 57.6 Å². The highest BCUT2D eigenvalue weighted by molar-refractivity contribution is 7.89. The fraction of sp³-hybridized carbons (Fsp3) is 0.500. The lowest BCUT2D eigenvalue weighted by molar-refractivity contribution is 0.399. The molecule has 2 rings (SSSR count). The zero-order chi connectivity index (χ0) is 12.6. The third-order valence-electron chi connectivity index (χ3n) is 3.18. The third kappa shape index (κ3) is 2.17. The normalized spacial score (nSPS) is 26.2. The van der Waals surface area contributed by atoms with Crippen LogP contribution in [0.25, 0.3) is 0 Å². The van der Waals surface area contributed by atoms with E-state index in [1.165, 1.54) is 16.4 Å². The summed E-state index contributed by atoms with van der Waals surface area (Å²) in [4.78, 5) is 0.000880. The van der Waals surface area contributed by atoms with Crippen LogP contribution in [0.4, 0.5) is 0 Å². The Kier molecular flexibility index (Phi) is 3.14. The molecule has 1 aromatic carbocycles. The standard InChI is InChI=1S/C12H17NO3S/c1-9-7-10(2)13(8-9)17(15,16)12-6-4-3-5-11(12)14/h3-6,9-10,14H,7-8H2,1-2H3. The van der Waals surface area contributed by atoms with E-state index in [1.807, 2.05) is 13.8 Å². The SMILES string of the molecule is CC1CC(C)N(S(=O)(=O)c2ccccc2O)C1. The average molecular weight is 255 g/mol. The number of rotatable bonds is 2.